The maximum Gasteiger partial charge on any atom is 0.239 e. The van der Waals surface area contributed by atoms with Crippen molar-refractivity contribution in [1.82, 2.24) is 16.0 Å². The van der Waals surface area contributed by atoms with E-state index in [0.717, 1.165) is 23.9 Å². The van der Waals surface area contributed by atoms with Crippen LogP contribution in [-0.2, 0) is 14.9 Å². The average molecular weight is 525 g/mol. The molecule has 0 saturated heterocycles. The normalized spacial score (nSPS) is 15.1. The highest BCUT2D eigenvalue weighted by Crippen LogP contribution is 2.48. The van der Waals surface area contributed by atoms with Crippen molar-refractivity contribution >= 4 is 51.8 Å². The molecule has 0 bridgehead atoms. The van der Waals surface area contributed by atoms with Gasteiger partial charge in [-0.15, -0.1) is 24.0 Å². The summed E-state index contributed by atoms with van der Waals surface area (Å²) in [6.07, 6.45) is 2.32. The van der Waals surface area contributed by atoms with Crippen molar-refractivity contribution in [3.8, 4) is 0 Å². The summed E-state index contributed by atoms with van der Waals surface area (Å²) in [5.41, 5.74) is 1.50. The number of aliphatic imine (C=N–C) groups is 1. The van der Waals surface area contributed by atoms with Crippen molar-refractivity contribution < 1.29 is 9.53 Å². The second-order valence-electron chi connectivity index (χ2n) is 5.91. The lowest BCUT2D eigenvalue weighted by Gasteiger charge is -2.19. The Morgan fingerprint density at radius 1 is 1.32 bits per heavy atom. The van der Waals surface area contributed by atoms with Gasteiger partial charge < -0.3 is 20.7 Å². The zero-order valence-electron chi connectivity index (χ0n) is 14.6. The highest BCUT2D eigenvalue weighted by molar-refractivity contribution is 14.0. The van der Waals surface area contributed by atoms with Crippen molar-refractivity contribution in [3.63, 3.8) is 0 Å². The third kappa shape index (κ3) is 7.10. The number of amides is 1. The molecule has 0 heterocycles. The molecule has 0 atom stereocenters. The van der Waals surface area contributed by atoms with Crippen LogP contribution in [0.3, 0.4) is 0 Å². The molecule has 0 unspecified atom stereocenters. The molecular formula is C17H26BrIN4O2. The van der Waals surface area contributed by atoms with Crippen LogP contribution in [0.2, 0.25) is 0 Å². The molecular weight excluding hydrogens is 499 g/mol. The molecule has 0 spiro atoms. The maximum absolute atomic E-state index is 11.7. The number of hydrogen-bond donors (Lipinski definition) is 3. The van der Waals surface area contributed by atoms with Crippen LogP contribution in [0.25, 0.3) is 0 Å². The molecule has 25 heavy (non-hydrogen) atoms. The van der Waals surface area contributed by atoms with Gasteiger partial charge in [0.15, 0.2) is 5.96 Å². The number of ether oxygens (including phenoxy) is 1. The lowest BCUT2D eigenvalue weighted by Crippen LogP contribution is -2.45. The molecule has 0 aromatic heterocycles. The Bertz CT molecular complexity index is 594. The molecule has 8 heteroatoms. The maximum atomic E-state index is 11.7. The predicted octanol–water partition coefficient (Wildman–Crippen LogP) is 2.03. The van der Waals surface area contributed by atoms with Crippen molar-refractivity contribution in [3.05, 3.63) is 34.3 Å². The second-order valence-corrected chi connectivity index (χ2v) is 6.83. The summed E-state index contributed by atoms with van der Waals surface area (Å²) in [6.45, 7) is 2.00. The Labute approximate surface area is 174 Å². The van der Waals surface area contributed by atoms with Crippen LogP contribution in [0.4, 0.5) is 0 Å². The number of carbonyl (C=O) groups excluding carboxylic acids is 1. The van der Waals surface area contributed by atoms with Gasteiger partial charge >= 0.3 is 0 Å². The van der Waals surface area contributed by atoms with Gasteiger partial charge in [0.1, 0.15) is 0 Å². The van der Waals surface area contributed by atoms with Crippen LogP contribution < -0.4 is 16.0 Å². The van der Waals surface area contributed by atoms with Gasteiger partial charge in [-0.3, -0.25) is 9.79 Å². The standard InChI is InChI=1S/C17H25BrN4O2.HI/c1-19-16(21-11-15(23)20-8-9-24-2)22-12-17(6-7-17)13-4-3-5-14(18)10-13;/h3-5,10H,6-9,11-12H2,1-2H3,(H,20,23)(H2,19,21,22);1H. The van der Waals surface area contributed by atoms with E-state index in [1.807, 2.05) is 6.07 Å². The lowest BCUT2D eigenvalue weighted by molar-refractivity contribution is -0.120. The van der Waals surface area contributed by atoms with E-state index in [4.69, 9.17) is 4.74 Å². The molecule has 1 saturated carbocycles. The van der Waals surface area contributed by atoms with E-state index in [9.17, 15) is 4.79 Å². The number of halogens is 2. The van der Waals surface area contributed by atoms with E-state index < -0.39 is 0 Å². The van der Waals surface area contributed by atoms with Gasteiger partial charge in [-0.2, -0.15) is 0 Å². The van der Waals surface area contributed by atoms with Crippen LogP contribution in [0.1, 0.15) is 18.4 Å². The van der Waals surface area contributed by atoms with Crippen molar-refractivity contribution in [2.45, 2.75) is 18.3 Å². The molecule has 0 radical (unpaired) electrons. The molecule has 1 aliphatic carbocycles. The predicted molar refractivity (Wildman–Crippen MR) is 115 cm³/mol. The van der Waals surface area contributed by atoms with Gasteiger partial charge in [-0.1, -0.05) is 28.1 Å². The van der Waals surface area contributed by atoms with E-state index in [-0.39, 0.29) is 41.8 Å². The van der Waals surface area contributed by atoms with Gasteiger partial charge in [0, 0.05) is 37.1 Å². The molecule has 2 rings (SSSR count). The van der Waals surface area contributed by atoms with Gasteiger partial charge in [0.05, 0.1) is 13.2 Å². The number of guanidine groups is 1. The lowest BCUT2D eigenvalue weighted by atomic mass is 9.96. The fourth-order valence-corrected chi connectivity index (χ4v) is 2.93. The molecule has 3 N–H and O–H groups in total. The van der Waals surface area contributed by atoms with E-state index in [1.54, 1.807) is 14.2 Å². The summed E-state index contributed by atoms with van der Waals surface area (Å²) in [5.74, 6) is 0.557. The quantitative estimate of drug-likeness (QED) is 0.210. The molecule has 1 aromatic rings. The summed E-state index contributed by atoms with van der Waals surface area (Å²) < 4.78 is 6.00. The van der Waals surface area contributed by atoms with Crippen molar-refractivity contribution in [2.75, 3.05) is 40.4 Å². The Morgan fingerprint density at radius 2 is 2.08 bits per heavy atom. The molecule has 1 fully saturated rings. The topological polar surface area (TPSA) is 74.8 Å². The van der Waals surface area contributed by atoms with Crippen LogP contribution >= 0.6 is 39.9 Å². The monoisotopic (exact) mass is 524 g/mol. The fourth-order valence-electron chi connectivity index (χ4n) is 2.53. The minimum absolute atomic E-state index is 0. The Hall–Kier alpha value is -0.870. The summed E-state index contributed by atoms with van der Waals surface area (Å²) in [5, 5.41) is 9.13. The smallest absolute Gasteiger partial charge is 0.239 e. The molecule has 1 amide bonds. The number of rotatable bonds is 8. The average Bonchev–Trinajstić information content (AvgIpc) is 3.36. The van der Waals surface area contributed by atoms with Gasteiger partial charge in [0.25, 0.3) is 0 Å². The van der Waals surface area contributed by atoms with Crippen LogP contribution in [0.15, 0.2) is 33.7 Å². The number of hydrogen-bond acceptors (Lipinski definition) is 3. The SMILES string of the molecule is CN=C(NCC(=O)NCCOC)NCC1(c2cccc(Br)c2)CC1.I. The van der Waals surface area contributed by atoms with E-state index in [1.165, 1.54) is 5.56 Å². The first-order chi connectivity index (χ1) is 11.6. The number of benzene rings is 1. The molecule has 1 aromatic carbocycles. The molecule has 1 aliphatic rings. The van der Waals surface area contributed by atoms with Crippen LogP contribution in [0.5, 0.6) is 0 Å². The summed E-state index contributed by atoms with van der Waals surface area (Å²) in [6, 6.07) is 8.44. The highest BCUT2D eigenvalue weighted by atomic mass is 127. The van der Waals surface area contributed by atoms with Gasteiger partial charge in [-0.05, 0) is 30.5 Å². The second kappa shape index (κ2) is 11.0. The van der Waals surface area contributed by atoms with Gasteiger partial charge in [-0.25, -0.2) is 0 Å². The Balaban J connectivity index is 0.00000312. The van der Waals surface area contributed by atoms with E-state index in [0.29, 0.717) is 19.1 Å². The minimum Gasteiger partial charge on any atom is -0.383 e. The molecule has 6 nitrogen and oxygen atoms in total. The first-order valence-corrected chi connectivity index (χ1v) is 8.85. The number of carbonyl (C=O) groups is 1. The highest BCUT2D eigenvalue weighted by Gasteiger charge is 2.44. The van der Waals surface area contributed by atoms with Gasteiger partial charge in [0.2, 0.25) is 5.91 Å². The summed E-state index contributed by atoms with van der Waals surface area (Å²) >= 11 is 3.53. The molecule has 0 aliphatic heterocycles. The van der Waals surface area contributed by atoms with E-state index >= 15 is 0 Å². The van der Waals surface area contributed by atoms with Crippen molar-refractivity contribution in [1.29, 1.82) is 0 Å². The Morgan fingerprint density at radius 3 is 2.68 bits per heavy atom. The largest absolute Gasteiger partial charge is 0.383 e. The first kappa shape index (κ1) is 22.2. The first-order valence-electron chi connectivity index (χ1n) is 8.06. The number of nitrogens with zero attached hydrogens (tertiary/aromatic N) is 1. The number of nitrogens with one attached hydrogen (secondary N) is 3. The van der Waals surface area contributed by atoms with Crippen molar-refractivity contribution in [2.24, 2.45) is 4.99 Å². The fraction of sp³-hybridized carbons (Fsp3) is 0.529. The number of methoxy groups -OCH3 is 1. The third-order valence-electron chi connectivity index (χ3n) is 4.15. The van der Waals surface area contributed by atoms with E-state index in [2.05, 4.69) is 55.1 Å². The minimum atomic E-state index is -0.0804. The Kier molecular flexibility index (Phi) is 9.73. The summed E-state index contributed by atoms with van der Waals surface area (Å²) in [4.78, 5) is 15.9. The van der Waals surface area contributed by atoms with Crippen LogP contribution in [-0.4, -0.2) is 52.3 Å². The third-order valence-corrected chi connectivity index (χ3v) is 4.65. The molecule has 140 valence electrons. The zero-order chi connectivity index (χ0) is 17.4. The zero-order valence-corrected chi connectivity index (χ0v) is 18.5. The summed E-state index contributed by atoms with van der Waals surface area (Å²) in [7, 11) is 3.31. The van der Waals surface area contributed by atoms with Crippen LogP contribution in [0, 0.1) is 0 Å².